The van der Waals surface area contributed by atoms with Gasteiger partial charge in [-0.05, 0) is 35.4 Å². The monoisotopic (exact) mass is 376 g/mol. The Hall–Kier alpha value is -2.42. The molecule has 0 unspecified atom stereocenters. The predicted octanol–water partition coefficient (Wildman–Crippen LogP) is 0.971. The number of hydrogen-bond acceptors (Lipinski definition) is 5. The SMILES string of the molecule is NC(=O)COc1ccc(S(=O)(=O)NC[C@H]2Cc3ccccc3CO2)cc1. The van der Waals surface area contributed by atoms with Gasteiger partial charge in [0.05, 0.1) is 17.6 Å². The lowest BCUT2D eigenvalue weighted by molar-refractivity contribution is -0.119. The number of carbonyl (C=O) groups is 1. The van der Waals surface area contributed by atoms with Crippen molar-refractivity contribution in [2.75, 3.05) is 13.2 Å². The largest absolute Gasteiger partial charge is 0.484 e. The summed E-state index contributed by atoms with van der Waals surface area (Å²) in [6.07, 6.45) is 0.455. The van der Waals surface area contributed by atoms with Crippen molar-refractivity contribution in [1.82, 2.24) is 4.72 Å². The smallest absolute Gasteiger partial charge is 0.255 e. The first-order valence-electron chi connectivity index (χ1n) is 8.13. The molecule has 1 aliphatic heterocycles. The maximum Gasteiger partial charge on any atom is 0.255 e. The van der Waals surface area contributed by atoms with Crippen LogP contribution in [0.15, 0.2) is 53.4 Å². The lowest BCUT2D eigenvalue weighted by Gasteiger charge is -2.25. The minimum atomic E-state index is -3.66. The molecule has 1 aliphatic rings. The van der Waals surface area contributed by atoms with Gasteiger partial charge in [0.1, 0.15) is 5.75 Å². The van der Waals surface area contributed by atoms with Crippen LogP contribution in [0, 0.1) is 0 Å². The molecule has 0 saturated heterocycles. The summed E-state index contributed by atoms with van der Waals surface area (Å²) in [4.78, 5) is 10.8. The average molecular weight is 376 g/mol. The Morgan fingerprint density at radius 3 is 2.54 bits per heavy atom. The maximum atomic E-state index is 12.4. The second-order valence-electron chi connectivity index (χ2n) is 5.98. The Bertz CT molecular complexity index is 881. The van der Waals surface area contributed by atoms with Crippen LogP contribution in [0.1, 0.15) is 11.1 Å². The van der Waals surface area contributed by atoms with Crippen LogP contribution in [0.4, 0.5) is 0 Å². The quantitative estimate of drug-likeness (QED) is 0.749. The highest BCUT2D eigenvalue weighted by atomic mass is 32.2. The zero-order valence-electron chi connectivity index (χ0n) is 14.1. The first-order chi connectivity index (χ1) is 12.4. The first kappa shape index (κ1) is 18.4. The molecule has 1 heterocycles. The summed E-state index contributed by atoms with van der Waals surface area (Å²) < 4.78 is 38.2. The van der Waals surface area contributed by atoms with Gasteiger partial charge in [-0.25, -0.2) is 13.1 Å². The molecule has 0 saturated carbocycles. The fraction of sp³-hybridized carbons (Fsp3) is 0.278. The highest BCUT2D eigenvalue weighted by molar-refractivity contribution is 7.89. The van der Waals surface area contributed by atoms with Crippen molar-refractivity contribution < 1.29 is 22.7 Å². The molecule has 3 N–H and O–H groups in total. The van der Waals surface area contributed by atoms with E-state index in [-0.39, 0.29) is 24.2 Å². The Morgan fingerprint density at radius 1 is 1.15 bits per heavy atom. The average Bonchev–Trinajstić information content (AvgIpc) is 2.65. The molecule has 0 fully saturated rings. The standard InChI is InChI=1S/C18H20N2O5S/c19-18(21)12-25-15-5-7-17(8-6-15)26(22,23)20-10-16-9-13-3-1-2-4-14(13)11-24-16/h1-8,16,20H,9-12H2,(H2,19,21)/t16-/m1/s1. The van der Waals surface area contributed by atoms with Crippen molar-refractivity contribution in [3.63, 3.8) is 0 Å². The highest BCUT2D eigenvalue weighted by Gasteiger charge is 2.22. The number of nitrogens with one attached hydrogen (secondary N) is 1. The molecule has 0 spiro atoms. The zero-order valence-corrected chi connectivity index (χ0v) is 14.9. The fourth-order valence-electron chi connectivity index (χ4n) is 2.70. The van der Waals surface area contributed by atoms with Crippen LogP contribution in [0.25, 0.3) is 0 Å². The van der Waals surface area contributed by atoms with E-state index < -0.39 is 15.9 Å². The summed E-state index contributed by atoms with van der Waals surface area (Å²) in [5, 5.41) is 0. The van der Waals surface area contributed by atoms with Gasteiger partial charge in [0.2, 0.25) is 10.0 Å². The van der Waals surface area contributed by atoms with Crippen molar-refractivity contribution in [1.29, 1.82) is 0 Å². The lowest BCUT2D eigenvalue weighted by Crippen LogP contribution is -2.36. The van der Waals surface area contributed by atoms with E-state index >= 15 is 0 Å². The van der Waals surface area contributed by atoms with Gasteiger partial charge in [0, 0.05) is 13.0 Å². The van der Waals surface area contributed by atoms with Crippen LogP contribution in [-0.2, 0) is 32.6 Å². The Morgan fingerprint density at radius 2 is 1.85 bits per heavy atom. The Kier molecular flexibility index (Phi) is 5.55. The molecule has 0 aliphatic carbocycles. The van der Waals surface area contributed by atoms with E-state index in [1.807, 2.05) is 24.3 Å². The summed E-state index contributed by atoms with van der Waals surface area (Å²) in [5.41, 5.74) is 7.31. The molecule has 2 aromatic rings. The van der Waals surface area contributed by atoms with Crippen molar-refractivity contribution in [3.05, 3.63) is 59.7 Å². The normalized spacial score (nSPS) is 16.7. The predicted molar refractivity (Wildman–Crippen MR) is 95.0 cm³/mol. The van der Waals surface area contributed by atoms with E-state index in [2.05, 4.69) is 4.72 Å². The fourth-order valence-corrected chi connectivity index (χ4v) is 3.76. The maximum absolute atomic E-state index is 12.4. The van der Waals surface area contributed by atoms with Crippen molar-refractivity contribution in [2.24, 2.45) is 5.73 Å². The molecule has 0 bridgehead atoms. The Balaban J connectivity index is 1.58. The highest BCUT2D eigenvalue weighted by Crippen LogP contribution is 2.21. The molecule has 138 valence electrons. The van der Waals surface area contributed by atoms with Gasteiger partial charge >= 0.3 is 0 Å². The number of primary amides is 1. The number of sulfonamides is 1. The Labute approximate surface area is 152 Å². The van der Waals surface area contributed by atoms with Gasteiger partial charge in [0.15, 0.2) is 6.61 Å². The molecule has 0 radical (unpaired) electrons. The summed E-state index contributed by atoms with van der Waals surface area (Å²) in [7, 11) is -3.66. The topological polar surface area (TPSA) is 108 Å². The number of ether oxygens (including phenoxy) is 2. The molecular formula is C18H20N2O5S. The first-order valence-corrected chi connectivity index (χ1v) is 9.61. The van der Waals surface area contributed by atoms with Crippen LogP contribution < -0.4 is 15.2 Å². The lowest BCUT2D eigenvalue weighted by atomic mass is 9.99. The second-order valence-corrected chi connectivity index (χ2v) is 7.75. The number of benzene rings is 2. The van der Waals surface area contributed by atoms with Crippen molar-refractivity contribution >= 4 is 15.9 Å². The van der Waals surface area contributed by atoms with Gasteiger partial charge in [-0.15, -0.1) is 0 Å². The molecule has 2 aromatic carbocycles. The van der Waals surface area contributed by atoms with Gasteiger partial charge in [-0.1, -0.05) is 24.3 Å². The van der Waals surface area contributed by atoms with Crippen LogP contribution in [-0.4, -0.2) is 33.6 Å². The minimum Gasteiger partial charge on any atom is -0.484 e. The van der Waals surface area contributed by atoms with Crippen LogP contribution in [0.2, 0.25) is 0 Å². The van der Waals surface area contributed by atoms with Crippen LogP contribution >= 0.6 is 0 Å². The van der Waals surface area contributed by atoms with Gasteiger partial charge in [-0.3, -0.25) is 4.79 Å². The van der Waals surface area contributed by atoms with Crippen molar-refractivity contribution in [2.45, 2.75) is 24.0 Å². The molecule has 26 heavy (non-hydrogen) atoms. The van der Waals surface area contributed by atoms with E-state index in [4.69, 9.17) is 15.2 Å². The van der Waals surface area contributed by atoms with Crippen molar-refractivity contribution in [3.8, 4) is 5.75 Å². The third-order valence-electron chi connectivity index (χ3n) is 4.06. The second kappa shape index (κ2) is 7.86. The number of rotatable bonds is 7. The number of hydrogen-bond donors (Lipinski definition) is 2. The summed E-state index contributed by atoms with van der Waals surface area (Å²) >= 11 is 0. The van der Waals surface area contributed by atoms with E-state index in [1.165, 1.54) is 29.8 Å². The number of amides is 1. The minimum absolute atomic E-state index is 0.111. The molecule has 1 atom stereocenters. The number of fused-ring (bicyclic) bond motifs is 1. The van der Waals surface area contributed by atoms with Gasteiger partial charge in [0.25, 0.3) is 5.91 Å². The third kappa shape index (κ3) is 4.60. The van der Waals surface area contributed by atoms with E-state index in [1.54, 1.807) is 0 Å². The van der Waals surface area contributed by atoms with E-state index in [9.17, 15) is 13.2 Å². The molecule has 0 aromatic heterocycles. The molecule has 7 nitrogen and oxygen atoms in total. The third-order valence-corrected chi connectivity index (χ3v) is 5.50. The summed E-state index contributed by atoms with van der Waals surface area (Å²) in [6, 6.07) is 13.7. The van der Waals surface area contributed by atoms with Gasteiger partial charge < -0.3 is 15.2 Å². The van der Waals surface area contributed by atoms with Crippen LogP contribution in [0.3, 0.4) is 0 Å². The molecular weight excluding hydrogens is 356 g/mol. The number of carbonyl (C=O) groups excluding carboxylic acids is 1. The van der Waals surface area contributed by atoms with Gasteiger partial charge in [-0.2, -0.15) is 0 Å². The van der Waals surface area contributed by atoms with E-state index in [0.29, 0.717) is 18.8 Å². The molecule has 8 heteroatoms. The summed E-state index contributed by atoms with van der Waals surface area (Å²) in [6.45, 7) is 0.413. The number of nitrogens with two attached hydrogens (primary N) is 1. The molecule has 3 rings (SSSR count). The molecule has 1 amide bonds. The van der Waals surface area contributed by atoms with E-state index in [0.717, 1.165) is 5.56 Å². The summed E-state index contributed by atoms with van der Waals surface area (Å²) in [5.74, 6) is -0.229. The van der Waals surface area contributed by atoms with Crippen LogP contribution in [0.5, 0.6) is 5.75 Å². The zero-order chi connectivity index (χ0) is 18.6.